The van der Waals surface area contributed by atoms with Crippen LogP contribution in [0.2, 0.25) is 0 Å². The predicted molar refractivity (Wildman–Crippen MR) is 69.9 cm³/mol. The van der Waals surface area contributed by atoms with Crippen LogP contribution in [0.3, 0.4) is 0 Å². The maximum Gasteiger partial charge on any atom is 0.305 e. The zero-order chi connectivity index (χ0) is 14.0. The molecule has 0 aromatic heterocycles. The third-order valence-corrected chi connectivity index (χ3v) is 6.25. The van der Waals surface area contributed by atoms with Crippen LogP contribution in [0.15, 0.2) is 0 Å². The highest BCUT2D eigenvalue weighted by atomic mass is 32.2. The zero-order valence-corrected chi connectivity index (χ0v) is 12.2. The first-order valence-corrected chi connectivity index (χ1v) is 7.92. The zero-order valence-electron chi connectivity index (χ0n) is 11.3. The van der Waals surface area contributed by atoms with Crippen molar-refractivity contribution < 1.29 is 18.3 Å². The maximum absolute atomic E-state index is 12.2. The summed E-state index contributed by atoms with van der Waals surface area (Å²) in [6.45, 7) is 3.26. The van der Waals surface area contributed by atoms with Crippen LogP contribution in [-0.4, -0.2) is 41.6 Å². The van der Waals surface area contributed by atoms with Crippen LogP contribution >= 0.6 is 0 Å². The second-order valence-electron chi connectivity index (χ2n) is 5.42. The van der Waals surface area contributed by atoms with Gasteiger partial charge in [-0.15, -0.1) is 0 Å². The number of carbonyl (C=O) groups is 1. The molecule has 1 fully saturated rings. The quantitative estimate of drug-likeness (QED) is 0.832. The molecule has 18 heavy (non-hydrogen) atoms. The summed E-state index contributed by atoms with van der Waals surface area (Å²) >= 11 is 0. The molecular formula is C12H23NO4S. The first kappa shape index (κ1) is 15.4. The molecule has 0 amide bonds. The van der Waals surface area contributed by atoms with Gasteiger partial charge in [-0.3, -0.25) is 4.79 Å². The van der Waals surface area contributed by atoms with E-state index in [9.17, 15) is 13.2 Å². The van der Waals surface area contributed by atoms with E-state index in [1.54, 1.807) is 13.8 Å². The second kappa shape index (κ2) is 5.57. The van der Waals surface area contributed by atoms with Crippen LogP contribution in [0.1, 0.15) is 52.4 Å². The Morgan fingerprint density at radius 3 is 2.17 bits per heavy atom. The van der Waals surface area contributed by atoms with Gasteiger partial charge in [-0.25, -0.2) is 8.42 Å². The van der Waals surface area contributed by atoms with Crippen LogP contribution in [0.5, 0.6) is 0 Å². The van der Waals surface area contributed by atoms with Crippen molar-refractivity contribution in [2.24, 2.45) is 0 Å². The van der Waals surface area contributed by atoms with Crippen LogP contribution in [0.25, 0.3) is 0 Å². The summed E-state index contributed by atoms with van der Waals surface area (Å²) in [6.07, 6.45) is 4.02. The molecule has 0 aromatic rings. The molecule has 0 heterocycles. The van der Waals surface area contributed by atoms with E-state index in [4.69, 9.17) is 5.11 Å². The molecule has 0 atom stereocenters. The fourth-order valence-electron chi connectivity index (χ4n) is 2.68. The Kier molecular flexibility index (Phi) is 4.78. The molecule has 0 unspecified atom stereocenters. The van der Waals surface area contributed by atoms with Gasteiger partial charge in [0, 0.05) is 12.6 Å². The van der Waals surface area contributed by atoms with E-state index >= 15 is 0 Å². The molecule has 1 rings (SSSR count). The van der Waals surface area contributed by atoms with Crippen molar-refractivity contribution in [2.45, 2.75) is 63.2 Å². The van der Waals surface area contributed by atoms with Gasteiger partial charge in [0.05, 0.1) is 11.7 Å². The molecule has 1 aliphatic rings. The molecule has 1 aliphatic carbocycles. The number of hydrogen-bond donors (Lipinski definition) is 1. The van der Waals surface area contributed by atoms with Crippen molar-refractivity contribution in [3.05, 3.63) is 0 Å². The second-order valence-corrected chi connectivity index (χ2v) is 7.94. The van der Waals surface area contributed by atoms with Gasteiger partial charge in [0.2, 0.25) is 10.0 Å². The highest BCUT2D eigenvalue weighted by Crippen LogP contribution is 2.38. The van der Waals surface area contributed by atoms with E-state index < -0.39 is 26.8 Å². The number of sulfonamides is 1. The van der Waals surface area contributed by atoms with Crippen molar-refractivity contribution in [1.29, 1.82) is 0 Å². The van der Waals surface area contributed by atoms with Crippen LogP contribution in [0, 0.1) is 0 Å². The minimum absolute atomic E-state index is 0.102. The molecule has 0 spiro atoms. The van der Waals surface area contributed by atoms with Gasteiger partial charge in [0.15, 0.2) is 0 Å². The van der Waals surface area contributed by atoms with Gasteiger partial charge in [-0.2, -0.15) is 4.31 Å². The van der Waals surface area contributed by atoms with Gasteiger partial charge >= 0.3 is 5.97 Å². The highest BCUT2D eigenvalue weighted by molar-refractivity contribution is 7.89. The molecule has 0 aromatic carbocycles. The van der Waals surface area contributed by atoms with Crippen molar-refractivity contribution in [2.75, 3.05) is 7.05 Å². The van der Waals surface area contributed by atoms with Crippen molar-refractivity contribution in [3.63, 3.8) is 0 Å². The Labute approximate surface area is 109 Å². The van der Waals surface area contributed by atoms with Crippen molar-refractivity contribution in [3.8, 4) is 0 Å². The standard InChI is InChI=1S/C12H23NO4S/c1-10(2)18(16,17)13(3)12(9-11(14)15)7-5-4-6-8-12/h10H,4-9H2,1-3H3,(H,14,15). The van der Waals surface area contributed by atoms with E-state index in [2.05, 4.69) is 0 Å². The molecule has 0 bridgehead atoms. The molecule has 5 nitrogen and oxygen atoms in total. The normalized spacial score (nSPS) is 20.3. The number of hydrogen-bond acceptors (Lipinski definition) is 3. The van der Waals surface area contributed by atoms with E-state index in [0.29, 0.717) is 12.8 Å². The minimum Gasteiger partial charge on any atom is -0.481 e. The summed E-state index contributed by atoms with van der Waals surface area (Å²) < 4.78 is 25.8. The van der Waals surface area contributed by atoms with Gasteiger partial charge in [-0.05, 0) is 26.7 Å². The lowest BCUT2D eigenvalue weighted by atomic mass is 9.79. The van der Waals surface area contributed by atoms with E-state index in [1.807, 2.05) is 0 Å². The molecule has 1 N–H and O–H groups in total. The number of aliphatic carboxylic acids is 1. The average Bonchev–Trinajstić information content (AvgIpc) is 2.28. The minimum atomic E-state index is -3.41. The van der Waals surface area contributed by atoms with E-state index in [0.717, 1.165) is 19.3 Å². The summed E-state index contributed by atoms with van der Waals surface area (Å²) in [5, 5.41) is 8.54. The molecule has 0 saturated heterocycles. The predicted octanol–water partition coefficient (Wildman–Crippen LogP) is 1.83. The topological polar surface area (TPSA) is 74.7 Å². The number of carboxylic acid groups (broad SMARTS) is 1. The lowest BCUT2D eigenvalue weighted by molar-refractivity contribution is -0.140. The third kappa shape index (κ3) is 3.03. The molecule has 106 valence electrons. The summed E-state index contributed by atoms with van der Waals surface area (Å²) in [5.41, 5.74) is -0.729. The van der Waals surface area contributed by atoms with E-state index in [-0.39, 0.29) is 6.42 Å². The van der Waals surface area contributed by atoms with Gasteiger partial charge < -0.3 is 5.11 Å². The fourth-order valence-corrected chi connectivity index (χ4v) is 4.10. The Balaban J connectivity index is 3.07. The fraction of sp³-hybridized carbons (Fsp3) is 0.917. The molecule has 0 radical (unpaired) electrons. The number of rotatable bonds is 5. The third-order valence-electron chi connectivity index (χ3n) is 3.91. The Bertz CT molecular complexity index is 396. The Hall–Kier alpha value is -0.620. The lowest BCUT2D eigenvalue weighted by Crippen LogP contribution is -2.53. The molecule has 1 saturated carbocycles. The summed E-state index contributed by atoms with van der Waals surface area (Å²) in [5.74, 6) is -0.928. The van der Waals surface area contributed by atoms with Gasteiger partial charge in [0.25, 0.3) is 0 Å². The average molecular weight is 277 g/mol. The summed E-state index contributed by atoms with van der Waals surface area (Å²) in [4.78, 5) is 11.1. The molecule has 0 aliphatic heterocycles. The Morgan fingerprint density at radius 1 is 1.28 bits per heavy atom. The smallest absolute Gasteiger partial charge is 0.305 e. The SMILES string of the molecule is CC(C)S(=O)(=O)N(C)C1(CC(=O)O)CCCCC1. The van der Waals surface area contributed by atoms with Crippen LogP contribution in [-0.2, 0) is 14.8 Å². The lowest BCUT2D eigenvalue weighted by Gasteiger charge is -2.43. The maximum atomic E-state index is 12.2. The van der Waals surface area contributed by atoms with Crippen molar-refractivity contribution >= 4 is 16.0 Å². The van der Waals surface area contributed by atoms with Crippen LogP contribution in [0.4, 0.5) is 0 Å². The van der Waals surface area contributed by atoms with Gasteiger partial charge in [-0.1, -0.05) is 19.3 Å². The molecule has 6 heteroatoms. The van der Waals surface area contributed by atoms with Crippen LogP contribution < -0.4 is 0 Å². The number of nitrogens with zero attached hydrogens (tertiary/aromatic N) is 1. The first-order chi connectivity index (χ1) is 8.22. The van der Waals surface area contributed by atoms with Gasteiger partial charge in [0.1, 0.15) is 0 Å². The van der Waals surface area contributed by atoms with E-state index in [1.165, 1.54) is 11.4 Å². The highest BCUT2D eigenvalue weighted by Gasteiger charge is 2.44. The summed E-state index contributed by atoms with van der Waals surface area (Å²) in [6, 6.07) is 0. The monoisotopic (exact) mass is 277 g/mol. The number of carboxylic acids is 1. The first-order valence-electron chi connectivity index (χ1n) is 6.42. The molecular weight excluding hydrogens is 254 g/mol. The Morgan fingerprint density at radius 2 is 1.78 bits per heavy atom. The summed E-state index contributed by atoms with van der Waals surface area (Å²) in [7, 11) is -1.88. The largest absolute Gasteiger partial charge is 0.481 e. The van der Waals surface area contributed by atoms with Crippen molar-refractivity contribution in [1.82, 2.24) is 4.31 Å².